The average Bonchev–Trinajstić information content (AvgIpc) is 3.65. The molecule has 1 N–H and O–H groups in total. The van der Waals surface area contributed by atoms with Gasteiger partial charge < -0.3 is 14.6 Å². The number of furan rings is 1. The standard InChI is InChI=1S/C27H29N5O3/c1-19-12-14-20(15-13-19)26(27(34)28-17-22-9-6-16-35-22)32(21-7-2-3-8-21)25(33)18-31-24-11-5-4-10-23(24)29-30-31/h4-6,9-16,21,26H,2-3,7-8,17-18H2,1H3,(H,28,34)/t26-/m1/s1. The number of carbonyl (C=O) groups is 2. The second-order valence-corrected chi connectivity index (χ2v) is 9.09. The van der Waals surface area contributed by atoms with E-state index in [1.165, 1.54) is 0 Å². The number of aryl methyl sites for hydroxylation is 1. The van der Waals surface area contributed by atoms with E-state index in [1.807, 2.05) is 61.5 Å². The Balaban J connectivity index is 1.48. The van der Waals surface area contributed by atoms with Gasteiger partial charge in [0.1, 0.15) is 23.9 Å². The molecule has 1 atom stereocenters. The van der Waals surface area contributed by atoms with E-state index in [0.29, 0.717) is 5.76 Å². The molecule has 1 aliphatic carbocycles. The van der Waals surface area contributed by atoms with Crippen molar-refractivity contribution in [3.05, 3.63) is 83.8 Å². The van der Waals surface area contributed by atoms with Gasteiger partial charge in [-0.05, 0) is 49.6 Å². The molecule has 2 heterocycles. The van der Waals surface area contributed by atoms with E-state index in [4.69, 9.17) is 4.42 Å². The van der Waals surface area contributed by atoms with Crippen LogP contribution in [-0.2, 0) is 22.7 Å². The van der Waals surface area contributed by atoms with Crippen LogP contribution in [0.1, 0.15) is 48.6 Å². The Morgan fingerprint density at radius 2 is 1.86 bits per heavy atom. The molecule has 0 radical (unpaired) electrons. The molecule has 180 valence electrons. The van der Waals surface area contributed by atoms with Crippen molar-refractivity contribution in [2.75, 3.05) is 0 Å². The van der Waals surface area contributed by atoms with Crippen molar-refractivity contribution in [1.29, 1.82) is 0 Å². The number of nitrogens with zero attached hydrogens (tertiary/aromatic N) is 4. The number of nitrogens with one attached hydrogen (secondary N) is 1. The van der Waals surface area contributed by atoms with Crippen molar-refractivity contribution in [3.63, 3.8) is 0 Å². The number of amides is 2. The van der Waals surface area contributed by atoms with Crippen LogP contribution in [0, 0.1) is 6.92 Å². The van der Waals surface area contributed by atoms with Gasteiger partial charge in [0.05, 0.1) is 18.3 Å². The van der Waals surface area contributed by atoms with Crippen molar-refractivity contribution in [3.8, 4) is 0 Å². The summed E-state index contributed by atoms with van der Waals surface area (Å²) in [7, 11) is 0. The first-order valence-electron chi connectivity index (χ1n) is 12.1. The highest BCUT2D eigenvalue weighted by molar-refractivity contribution is 5.89. The summed E-state index contributed by atoms with van der Waals surface area (Å²) in [5.41, 5.74) is 3.41. The monoisotopic (exact) mass is 471 g/mol. The van der Waals surface area contributed by atoms with E-state index in [2.05, 4.69) is 15.6 Å². The highest BCUT2D eigenvalue weighted by Gasteiger charge is 2.37. The summed E-state index contributed by atoms with van der Waals surface area (Å²) >= 11 is 0. The molecule has 0 unspecified atom stereocenters. The second kappa shape index (κ2) is 10.1. The molecule has 2 amide bonds. The fourth-order valence-electron chi connectivity index (χ4n) is 4.86. The Morgan fingerprint density at radius 3 is 2.60 bits per heavy atom. The molecule has 0 aliphatic heterocycles. The molecule has 1 saturated carbocycles. The molecule has 8 heteroatoms. The van der Waals surface area contributed by atoms with Crippen molar-refractivity contribution in [2.45, 2.75) is 57.8 Å². The summed E-state index contributed by atoms with van der Waals surface area (Å²) in [6.07, 6.45) is 5.40. The molecular weight excluding hydrogens is 442 g/mol. The number of fused-ring (bicyclic) bond motifs is 1. The Bertz CT molecular complexity index is 1290. The maximum atomic E-state index is 13.9. The molecule has 2 aromatic carbocycles. The Labute approximate surface area is 203 Å². The van der Waals surface area contributed by atoms with Crippen LogP contribution < -0.4 is 5.32 Å². The van der Waals surface area contributed by atoms with Gasteiger partial charge >= 0.3 is 0 Å². The predicted molar refractivity (Wildman–Crippen MR) is 131 cm³/mol. The van der Waals surface area contributed by atoms with Crippen LogP contribution in [0.25, 0.3) is 11.0 Å². The van der Waals surface area contributed by atoms with Crippen molar-refractivity contribution in [2.24, 2.45) is 0 Å². The van der Waals surface area contributed by atoms with E-state index in [-0.39, 0.29) is 30.9 Å². The van der Waals surface area contributed by atoms with Crippen LogP contribution in [0.3, 0.4) is 0 Å². The summed E-state index contributed by atoms with van der Waals surface area (Å²) < 4.78 is 7.01. The number of hydrogen-bond donors (Lipinski definition) is 1. The summed E-state index contributed by atoms with van der Waals surface area (Å²) in [5.74, 6) is 0.286. The number of para-hydroxylation sites is 1. The lowest BCUT2D eigenvalue weighted by atomic mass is 9.99. The zero-order valence-electron chi connectivity index (χ0n) is 19.8. The van der Waals surface area contributed by atoms with E-state index in [1.54, 1.807) is 21.9 Å². The summed E-state index contributed by atoms with van der Waals surface area (Å²) in [4.78, 5) is 29.3. The summed E-state index contributed by atoms with van der Waals surface area (Å²) in [6.45, 7) is 2.28. The zero-order valence-corrected chi connectivity index (χ0v) is 19.8. The molecule has 1 fully saturated rings. The van der Waals surface area contributed by atoms with Crippen LogP contribution in [0.4, 0.5) is 0 Å². The topological polar surface area (TPSA) is 93.3 Å². The summed E-state index contributed by atoms with van der Waals surface area (Å²) in [6, 6.07) is 18.2. The number of hydrogen-bond acceptors (Lipinski definition) is 5. The van der Waals surface area contributed by atoms with E-state index in [9.17, 15) is 9.59 Å². The van der Waals surface area contributed by atoms with E-state index in [0.717, 1.165) is 47.8 Å². The first kappa shape index (κ1) is 22.8. The normalized spacial score (nSPS) is 14.8. The van der Waals surface area contributed by atoms with Crippen LogP contribution in [0.5, 0.6) is 0 Å². The van der Waals surface area contributed by atoms with Crippen molar-refractivity contribution >= 4 is 22.8 Å². The van der Waals surface area contributed by atoms with Gasteiger partial charge in [-0.25, -0.2) is 4.68 Å². The quantitative estimate of drug-likeness (QED) is 0.417. The molecule has 1 aliphatic rings. The smallest absolute Gasteiger partial charge is 0.247 e. The highest BCUT2D eigenvalue weighted by Crippen LogP contribution is 2.32. The molecule has 4 aromatic rings. The minimum absolute atomic E-state index is 0.0158. The molecule has 0 spiro atoms. The molecule has 35 heavy (non-hydrogen) atoms. The van der Waals surface area contributed by atoms with Gasteiger partial charge in [0.2, 0.25) is 11.8 Å². The Hall–Kier alpha value is -3.94. The Morgan fingerprint density at radius 1 is 1.09 bits per heavy atom. The minimum Gasteiger partial charge on any atom is -0.467 e. The number of benzene rings is 2. The van der Waals surface area contributed by atoms with Gasteiger partial charge in [-0.1, -0.05) is 60.0 Å². The Kier molecular flexibility index (Phi) is 6.61. The predicted octanol–water partition coefficient (Wildman–Crippen LogP) is 4.16. The van der Waals surface area contributed by atoms with Gasteiger partial charge in [-0.3, -0.25) is 9.59 Å². The van der Waals surface area contributed by atoms with Gasteiger partial charge in [-0.2, -0.15) is 0 Å². The van der Waals surface area contributed by atoms with E-state index >= 15 is 0 Å². The van der Waals surface area contributed by atoms with Crippen molar-refractivity contribution in [1.82, 2.24) is 25.2 Å². The third kappa shape index (κ3) is 4.96. The zero-order chi connectivity index (χ0) is 24.2. The van der Waals surface area contributed by atoms with Gasteiger partial charge in [0.25, 0.3) is 0 Å². The van der Waals surface area contributed by atoms with Crippen LogP contribution in [0.15, 0.2) is 71.3 Å². The molecular formula is C27H29N5O3. The summed E-state index contributed by atoms with van der Waals surface area (Å²) in [5, 5.41) is 11.4. The average molecular weight is 472 g/mol. The van der Waals surface area contributed by atoms with Crippen LogP contribution in [-0.4, -0.2) is 37.7 Å². The first-order chi connectivity index (χ1) is 17.1. The van der Waals surface area contributed by atoms with Crippen LogP contribution >= 0.6 is 0 Å². The van der Waals surface area contributed by atoms with Gasteiger partial charge in [-0.15, -0.1) is 5.10 Å². The fourth-order valence-corrected chi connectivity index (χ4v) is 4.86. The largest absolute Gasteiger partial charge is 0.467 e. The van der Waals surface area contributed by atoms with Gasteiger partial charge in [0.15, 0.2) is 0 Å². The maximum Gasteiger partial charge on any atom is 0.247 e. The van der Waals surface area contributed by atoms with E-state index < -0.39 is 6.04 Å². The lowest BCUT2D eigenvalue weighted by molar-refractivity contribution is -0.144. The molecule has 5 rings (SSSR count). The number of rotatable bonds is 8. The SMILES string of the molecule is Cc1ccc([C@H](C(=O)NCc2ccco2)N(C(=O)Cn2nnc3ccccc32)C2CCCC2)cc1. The molecule has 0 bridgehead atoms. The lowest BCUT2D eigenvalue weighted by Gasteiger charge is -2.36. The first-order valence-corrected chi connectivity index (χ1v) is 12.1. The molecule has 8 nitrogen and oxygen atoms in total. The lowest BCUT2D eigenvalue weighted by Crippen LogP contribution is -2.49. The second-order valence-electron chi connectivity index (χ2n) is 9.09. The highest BCUT2D eigenvalue weighted by atomic mass is 16.3. The third-order valence-corrected chi connectivity index (χ3v) is 6.65. The maximum absolute atomic E-state index is 13.9. The molecule has 0 saturated heterocycles. The van der Waals surface area contributed by atoms with Crippen molar-refractivity contribution < 1.29 is 14.0 Å². The third-order valence-electron chi connectivity index (χ3n) is 6.65. The minimum atomic E-state index is -0.754. The van der Waals surface area contributed by atoms with Crippen LogP contribution in [0.2, 0.25) is 0 Å². The number of aromatic nitrogens is 3. The number of carbonyl (C=O) groups excluding carboxylic acids is 2. The van der Waals surface area contributed by atoms with Gasteiger partial charge in [0, 0.05) is 6.04 Å². The fraction of sp³-hybridized carbons (Fsp3) is 0.333. The molecule has 2 aromatic heterocycles.